The second kappa shape index (κ2) is 1.95. The van der Waals surface area contributed by atoms with Crippen LogP contribution in [0.3, 0.4) is 0 Å². The molecule has 4 heteroatoms. The van der Waals surface area contributed by atoms with Crippen molar-refractivity contribution >= 4 is 11.9 Å². The second-order valence-corrected chi connectivity index (χ2v) is 7.02. The van der Waals surface area contributed by atoms with Crippen LogP contribution in [0.15, 0.2) is 12.2 Å². The maximum absolute atomic E-state index is 12.7. The van der Waals surface area contributed by atoms with Crippen LogP contribution in [-0.2, 0) is 4.79 Å². The summed E-state index contributed by atoms with van der Waals surface area (Å²) in [6, 6.07) is -0.140. The van der Waals surface area contributed by atoms with Crippen LogP contribution in [0.4, 0.5) is 4.79 Å². The Kier molecular flexibility index (Phi) is 1.04. The van der Waals surface area contributed by atoms with E-state index in [0.29, 0.717) is 17.8 Å². The van der Waals surface area contributed by atoms with Gasteiger partial charge in [-0.3, -0.25) is 9.69 Å². The van der Waals surface area contributed by atoms with Crippen LogP contribution >= 0.6 is 0 Å². The molecule has 0 aromatic carbocycles. The Hall–Kier alpha value is -1.32. The molecule has 6 atom stereocenters. The predicted molar refractivity (Wildman–Crippen MR) is 63.4 cm³/mol. The van der Waals surface area contributed by atoms with Gasteiger partial charge >= 0.3 is 6.03 Å². The third-order valence-corrected chi connectivity index (χ3v) is 7.23. The fourth-order valence-corrected chi connectivity index (χ4v) is 7.06. The number of rotatable bonds is 0. The molecule has 1 saturated heterocycles. The standard InChI is InChI=1S/C14H16N2O2/c1-6-7-5-13-8(6)12(2)9(7)14(12,13)10(17)15(3)11(18)16(13)4/h7-9H,1,5H2,2-4H3. The summed E-state index contributed by atoms with van der Waals surface area (Å²) in [5.74, 6) is 1.37. The first-order chi connectivity index (χ1) is 8.38. The van der Waals surface area contributed by atoms with E-state index < -0.39 is 0 Å². The van der Waals surface area contributed by atoms with Crippen LogP contribution in [-0.4, -0.2) is 41.4 Å². The minimum Gasteiger partial charge on any atom is -0.320 e. The summed E-state index contributed by atoms with van der Waals surface area (Å²) >= 11 is 0. The van der Waals surface area contributed by atoms with Gasteiger partial charge in [0.2, 0.25) is 5.91 Å². The Labute approximate surface area is 106 Å². The largest absolute Gasteiger partial charge is 0.326 e. The van der Waals surface area contributed by atoms with Gasteiger partial charge in [-0.15, -0.1) is 0 Å². The summed E-state index contributed by atoms with van der Waals surface area (Å²) < 4.78 is 0. The Morgan fingerprint density at radius 3 is 2.61 bits per heavy atom. The first-order valence-corrected chi connectivity index (χ1v) is 6.63. The molecule has 6 rings (SSSR count). The van der Waals surface area contributed by atoms with E-state index in [1.54, 1.807) is 7.05 Å². The smallest absolute Gasteiger partial charge is 0.320 e. The maximum Gasteiger partial charge on any atom is 0.326 e. The molecule has 0 aromatic heterocycles. The molecule has 1 heterocycles. The molecule has 6 fully saturated rings. The highest BCUT2D eigenvalue weighted by Gasteiger charge is 3.08. The van der Waals surface area contributed by atoms with Gasteiger partial charge in [0.15, 0.2) is 0 Å². The molecule has 1 aliphatic heterocycles. The molecule has 0 N–H and O–H groups in total. The van der Waals surface area contributed by atoms with E-state index in [0.717, 1.165) is 6.42 Å². The molecule has 0 aromatic rings. The summed E-state index contributed by atoms with van der Waals surface area (Å²) in [5, 5.41) is 0. The van der Waals surface area contributed by atoms with Crippen LogP contribution in [0.1, 0.15) is 13.3 Å². The molecule has 5 saturated carbocycles. The van der Waals surface area contributed by atoms with Crippen molar-refractivity contribution in [1.82, 2.24) is 9.80 Å². The number of hydrogen-bond donors (Lipinski definition) is 0. The SMILES string of the molecule is C=C1C2CC34C1C1(C)C2C13C(=O)N(C)C(=O)N4C. The third-order valence-electron chi connectivity index (χ3n) is 7.23. The zero-order valence-electron chi connectivity index (χ0n) is 10.9. The monoisotopic (exact) mass is 244 g/mol. The molecular formula is C14H16N2O2. The van der Waals surface area contributed by atoms with E-state index in [1.165, 1.54) is 10.5 Å². The van der Waals surface area contributed by atoms with E-state index in [9.17, 15) is 9.59 Å². The van der Waals surface area contributed by atoms with Crippen molar-refractivity contribution in [3.63, 3.8) is 0 Å². The molecule has 4 nitrogen and oxygen atoms in total. The number of urea groups is 1. The zero-order chi connectivity index (χ0) is 12.8. The van der Waals surface area contributed by atoms with Crippen molar-refractivity contribution in [3.8, 4) is 0 Å². The lowest BCUT2D eigenvalue weighted by molar-refractivity contribution is -0.169. The quantitative estimate of drug-likeness (QED) is 0.598. The lowest BCUT2D eigenvalue weighted by Crippen LogP contribution is -2.77. The van der Waals surface area contributed by atoms with E-state index in [-0.39, 0.29) is 28.3 Å². The molecule has 3 amide bonds. The first-order valence-electron chi connectivity index (χ1n) is 6.63. The van der Waals surface area contributed by atoms with Gasteiger partial charge in [0, 0.05) is 20.0 Å². The van der Waals surface area contributed by atoms with Crippen molar-refractivity contribution in [1.29, 1.82) is 0 Å². The van der Waals surface area contributed by atoms with Crippen molar-refractivity contribution in [2.75, 3.05) is 14.1 Å². The predicted octanol–water partition coefficient (Wildman–Crippen LogP) is 1.09. The van der Waals surface area contributed by atoms with E-state index in [1.807, 2.05) is 11.9 Å². The third kappa shape index (κ3) is 0.433. The van der Waals surface area contributed by atoms with Gasteiger partial charge in [-0.25, -0.2) is 4.79 Å². The summed E-state index contributed by atoms with van der Waals surface area (Å²) in [5.41, 5.74) is 0.942. The summed E-state index contributed by atoms with van der Waals surface area (Å²) in [6.45, 7) is 6.48. The van der Waals surface area contributed by atoms with Crippen molar-refractivity contribution in [2.24, 2.45) is 28.6 Å². The molecule has 94 valence electrons. The van der Waals surface area contributed by atoms with Crippen LogP contribution in [0.25, 0.3) is 0 Å². The number of amides is 3. The summed E-state index contributed by atoms with van der Waals surface area (Å²) in [7, 11) is 3.50. The molecule has 18 heavy (non-hydrogen) atoms. The van der Waals surface area contributed by atoms with Crippen LogP contribution in [0.5, 0.6) is 0 Å². The lowest BCUT2D eigenvalue weighted by atomic mass is 9.51. The Bertz CT molecular complexity index is 599. The van der Waals surface area contributed by atoms with E-state index >= 15 is 0 Å². The Balaban J connectivity index is 1.82. The highest BCUT2D eigenvalue weighted by atomic mass is 16.2. The minimum atomic E-state index is -0.256. The van der Waals surface area contributed by atoms with Gasteiger partial charge in [0.25, 0.3) is 0 Å². The number of carbonyl (C=O) groups is 2. The van der Waals surface area contributed by atoms with Crippen LogP contribution in [0, 0.1) is 28.6 Å². The molecule has 5 aliphatic carbocycles. The maximum atomic E-state index is 12.7. The van der Waals surface area contributed by atoms with Gasteiger partial charge in [-0.2, -0.15) is 0 Å². The zero-order valence-corrected chi connectivity index (χ0v) is 10.9. The molecule has 2 spiro atoms. The number of nitrogens with zero attached hydrogens (tertiary/aromatic N) is 2. The van der Waals surface area contributed by atoms with Gasteiger partial charge in [0.05, 0.1) is 11.0 Å². The van der Waals surface area contributed by atoms with Crippen LogP contribution in [0.2, 0.25) is 0 Å². The Morgan fingerprint density at radius 1 is 1.33 bits per heavy atom. The van der Waals surface area contributed by atoms with Crippen molar-refractivity contribution in [3.05, 3.63) is 12.2 Å². The fourth-order valence-electron chi connectivity index (χ4n) is 7.06. The first kappa shape index (κ1) is 9.59. The molecule has 6 unspecified atom stereocenters. The number of imide groups is 1. The van der Waals surface area contributed by atoms with Crippen molar-refractivity contribution in [2.45, 2.75) is 18.9 Å². The van der Waals surface area contributed by atoms with E-state index in [4.69, 9.17) is 0 Å². The molecule has 3 bridgehead atoms. The van der Waals surface area contributed by atoms with Crippen LogP contribution < -0.4 is 0 Å². The molecule has 6 aliphatic rings. The fraction of sp³-hybridized carbons (Fsp3) is 0.714. The van der Waals surface area contributed by atoms with Gasteiger partial charge in [0.1, 0.15) is 0 Å². The van der Waals surface area contributed by atoms with Crippen molar-refractivity contribution < 1.29 is 9.59 Å². The normalized spacial score (nSPS) is 62.2. The van der Waals surface area contributed by atoms with Gasteiger partial charge in [-0.05, 0) is 23.7 Å². The Morgan fingerprint density at radius 2 is 2.00 bits per heavy atom. The topological polar surface area (TPSA) is 40.6 Å². The average Bonchev–Trinajstić information content (AvgIpc) is 2.63. The molecule has 0 radical (unpaired) electrons. The summed E-state index contributed by atoms with van der Waals surface area (Å²) in [6.07, 6.45) is 0.971. The van der Waals surface area contributed by atoms with Gasteiger partial charge < -0.3 is 4.90 Å². The van der Waals surface area contributed by atoms with Gasteiger partial charge in [-0.1, -0.05) is 19.1 Å². The average molecular weight is 244 g/mol. The lowest BCUT2D eigenvalue weighted by Gasteiger charge is -2.63. The minimum absolute atomic E-state index is 0.0735. The summed E-state index contributed by atoms with van der Waals surface area (Å²) in [4.78, 5) is 28.1. The number of hydrogen-bond acceptors (Lipinski definition) is 2. The second-order valence-electron chi connectivity index (χ2n) is 7.02. The highest BCUT2D eigenvalue weighted by molar-refractivity contribution is 6.08. The van der Waals surface area contributed by atoms with E-state index in [2.05, 4.69) is 13.5 Å². The molecular weight excluding hydrogens is 228 g/mol. The number of carbonyl (C=O) groups excluding carboxylic acids is 2. The highest BCUT2D eigenvalue weighted by Crippen LogP contribution is 3.02.